The van der Waals surface area contributed by atoms with Gasteiger partial charge in [0.05, 0.1) is 0 Å². The molecule has 0 aromatic heterocycles. The van der Waals surface area contributed by atoms with Crippen LogP contribution in [-0.4, -0.2) is 6.72 Å². The van der Waals surface area contributed by atoms with Crippen LogP contribution in [0, 0.1) is 0 Å². The van der Waals surface area contributed by atoms with Gasteiger partial charge in [-0.1, -0.05) is 17.7 Å². The molecule has 0 bridgehead atoms. The number of allylic oxidation sites excluding steroid dienone is 5. The summed E-state index contributed by atoms with van der Waals surface area (Å²) in [5.41, 5.74) is 3.99. The van der Waals surface area contributed by atoms with E-state index < -0.39 is 0 Å². The topological polar surface area (TPSA) is 12.4 Å². The molecule has 1 heteroatoms. The third-order valence-corrected chi connectivity index (χ3v) is 2.00. The predicted molar refractivity (Wildman–Crippen MR) is 54.4 cm³/mol. The van der Waals surface area contributed by atoms with E-state index in [1.54, 1.807) is 0 Å². The van der Waals surface area contributed by atoms with Gasteiger partial charge in [-0.25, -0.2) is 0 Å². The van der Waals surface area contributed by atoms with Crippen LogP contribution in [0.2, 0.25) is 0 Å². The predicted octanol–water partition coefficient (Wildman–Crippen LogP) is 3.26. The molecule has 1 aliphatic rings. The maximum Gasteiger partial charge on any atom is 0.0298 e. The monoisotopic (exact) mass is 161 g/mol. The lowest BCUT2D eigenvalue weighted by Gasteiger charge is -2.13. The van der Waals surface area contributed by atoms with Gasteiger partial charge in [-0.05, 0) is 44.6 Å². The average Bonchev–Trinajstić information content (AvgIpc) is 2.05. The lowest BCUT2D eigenvalue weighted by molar-refractivity contribution is 0.954. The zero-order valence-electron chi connectivity index (χ0n) is 7.80. The van der Waals surface area contributed by atoms with Crippen LogP contribution in [0.1, 0.15) is 26.7 Å². The molecule has 64 valence electrons. The highest BCUT2D eigenvalue weighted by molar-refractivity contribution is 5.45. The van der Waals surface area contributed by atoms with Crippen LogP contribution in [0.4, 0.5) is 0 Å². The van der Waals surface area contributed by atoms with Crippen molar-refractivity contribution < 1.29 is 0 Å². The van der Waals surface area contributed by atoms with Gasteiger partial charge in [-0.15, -0.1) is 0 Å². The Labute approximate surface area is 74.2 Å². The Morgan fingerprint density at radius 1 is 1.58 bits per heavy atom. The summed E-state index contributed by atoms with van der Waals surface area (Å²) in [6.45, 7) is 7.73. The van der Waals surface area contributed by atoms with Gasteiger partial charge in [-0.2, -0.15) is 0 Å². The lowest BCUT2D eigenvalue weighted by Crippen LogP contribution is -1.94. The van der Waals surface area contributed by atoms with Crippen LogP contribution >= 0.6 is 0 Å². The maximum atomic E-state index is 3.81. The highest BCUT2D eigenvalue weighted by Gasteiger charge is 2.06. The minimum atomic E-state index is 1.09. The van der Waals surface area contributed by atoms with E-state index in [9.17, 15) is 0 Å². The van der Waals surface area contributed by atoms with Crippen LogP contribution in [0.3, 0.4) is 0 Å². The average molecular weight is 161 g/mol. The summed E-state index contributed by atoms with van der Waals surface area (Å²) in [5.74, 6) is 0. The molecule has 0 spiro atoms. The smallest absolute Gasteiger partial charge is 0.0298 e. The molecule has 0 saturated carbocycles. The molecule has 1 aliphatic carbocycles. The molecule has 1 nitrogen and oxygen atoms in total. The SMILES string of the molecule is C=N/C=C1/CCC=CC1=C(C)C. The Kier molecular flexibility index (Phi) is 3.03. The summed E-state index contributed by atoms with van der Waals surface area (Å²) < 4.78 is 0. The first-order valence-corrected chi connectivity index (χ1v) is 4.25. The fraction of sp³-hybridized carbons (Fsp3) is 0.364. The summed E-state index contributed by atoms with van der Waals surface area (Å²) in [7, 11) is 0. The van der Waals surface area contributed by atoms with E-state index in [1.807, 2.05) is 6.20 Å². The second-order valence-corrected chi connectivity index (χ2v) is 3.19. The first-order chi connectivity index (χ1) is 5.75. The van der Waals surface area contributed by atoms with Crippen LogP contribution < -0.4 is 0 Å². The number of hydrogen-bond acceptors (Lipinski definition) is 1. The third-order valence-electron chi connectivity index (χ3n) is 2.00. The quantitative estimate of drug-likeness (QED) is 0.523. The summed E-state index contributed by atoms with van der Waals surface area (Å²) in [5, 5.41) is 0. The van der Waals surface area contributed by atoms with E-state index in [1.165, 1.54) is 16.7 Å². The molecule has 0 aliphatic heterocycles. The Balaban J connectivity index is 3.03. The van der Waals surface area contributed by atoms with Gasteiger partial charge in [0.1, 0.15) is 0 Å². The van der Waals surface area contributed by atoms with Gasteiger partial charge in [0.2, 0.25) is 0 Å². The fourth-order valence-corrected chi connectivity index (χ4v) is 1.41. The zero-order valence-corrected chi connectivity index (χ0v) is 7.80. The zero-order chi connectivity index (χ0) is 8.97. The molecule has 0 heterocycles. The normalized spacial score (nSPS) is 19.8. The number of nitrogens with zero attached hydrogens (tertiary/aromatic N) is 1. The van der Waals surface area contributed by atoms with Crippen molar-refractivity contribution in [2.24, 2.45) is 4.99 Å². The van der Waals surface area contributed by atoms with Crippen molar-refractivity contribution in [1.29, 1.82) is 0 Å². The first-order valence-electron chi connectivity index (χ1n) is 4.25. The van der Waals surface area contributed by atoms with E-state index in [0.717, 1.165) is 12.8 Å². The van der Waals surface area contributed by atoms with Gasteiger partial charge in [-0.3, -0.25) is 4.99 Å². The molecule has 0 radical (unpaired) electrons. The molecule has 1 rings (SSSR count). The molecule has 0 aromatic rings. The summed E-state index contributed by atoms with van der Waals surface area (Å²) in [6.07, 6.45) is 8.47. The second kappa shape index (κ2) is 4.05. The van der Waals surface area contributed by atoms with Crippen molar-refractivity contribution in [3.8, 4) is 0 Å². The van der Waals surface area contributed by atoms with Crippen molar-refractivity contribution in [3.63, 3.8) is 0 Å². The molecule has 0 atom stereocenters. The standard InChI is InChI=1S/C11H15N/c1-9(2)11-7-5-4-6-10(11)8-12-3/h5,7-8H,3-4,6H2,1-2H3/b10-8-. The molecule has 0 saturated heterocycles. The van der Waals surface area contributed by atoms with Crippen LogP contribution in [0.5, 0.6) is 0 Å². The van der Waals surface area contributed by atoms with Crippen LogP contribution in [0.25, 0.3) is 0 Å². The molecule has 0 N–H and O–H groups in total. The Hall–Kier alpha value is -1.11. The van der Waals surface area contributed by atoms with Gasteiger partial charge < -0.3 is 0 Å². The van der Waals surface area contributed by atoms with Crippen molar-refractivity contribution in [2.75, 3.05) is 0 Å². The van der Waals surface area contributed by atoms with Crippen molar-refractivity contribution in [2.45, 2.75) is 26.7 Å². The Morgan fingerprint density at radius 3 is 2.92 bits per heavy atom. The van der Waals surface area contributed by atoms with Gasteiger partial charge in [0.15, 0.2) is 0 Å². The van der Waals surface area contributed by atoms with Crippen molar-refractivity contribution in [3.05, 3.63) is 35.1 Å². The number of aliphatic imine (C=N–C) groups is 1. The minimum Gasteiger partial charge on any atom is -0.272 e. The molecule has 0 unspecified atom stereocenters. The molecule has 0 fully saturated rings. The highest BCUT2D eigenvalue weighted by Crippen LogP contribution is 2.25. The maximum absolute atomic E-state index is 3.81. The van der Waals surface area contributed by atoms with E-state index in [4.69, 9.17) is 0 Å². The Bertz CT molecular complexity index is 263. The lowest BCUT2D eigenvalue weighted by atomic mass is 9.93. The Morgan fingerprint density at radius 2 is 2.33 bits per heavy atom. The van der Waals surface area contributed by atoms with Crippen molar-refractivity contribution >= 4 is 6.72 Å². The van der Waals surface area contributed by atoms with E-state index in [0.29, 0.717) is 0 Å². The number of hydrogen-bond donors (Lipinski definition) is 0. The molecule has 12 heavy (non-hydrogen) atoms. The van der Waals surface area contributed by atoms with Crippen LogP contribution in [-0.2, 0) is 0 Å². The van der Waals surface area contributed by atoms with E-state index in [-0.39, 0.29) is 0 Å². The summed E-state index contributed by atoms with van der Waals surface area (Å²) >= 11 is 0. The van der Waals surface area contributed by atoms with Gasteiger partial charge in [0.25, 0.3) is 0 Å². The van der Waals surface area contributed by atoms with E-state index >= 15 is 0 Å². The molecular formula is C11H15N. The second-order valence-electron chi connectivity index (χ2n) is 3.19. The molecular weight excluding hydrogens is 146 g/mol. The molecule has 0 amide bonds. The van der Waals surface area contributed by atoms with E-state index in [2.05, 4.69) is 37.7 Å². The van der Waals surface area contributed by atoms with Crippen molar-refractivity contribution in [1.82, 2.24) is 0 Å². The third kappa shape index (κ3) is 1.94. The summed E-state index contributed by atoms with van der Waals surface area (Å²) in [4.78, 5) is 3.81. The first kappa shape index (κ1) is 8.98. The molecule has 0 aromatic carbocycles. The largest absolute Gasteiger partial charge is 0.272 e. The number of rotatable bonds is 1. The van der Waals surface area contributed by atoms with Crippen LogP contribution in [0.15, 0.2) is 40.1 Å². The highest BCUT2D eigenvalue weighted by atomic mass is 14.6. The fourth-order valence-electron chi connectivity index (χ4n) is 1.41. The minimum absolute atomic E-state index is 1.09. The summed E-state index contributed by atoms with van der Waals surface area (Å²) in [6, 6.07) is 0. The van der Waals surface area contributed by atoms with Gasteiger partial charge >= 0.3 is 0 Å². The van der Waals surface area contributed by atoms with Gasteiger partial charge in [0, 0.05) is 6.20 Å².